The standard InChI is InChI=1S/C14H17ClN2O/c1-9(2)16-7-14(18)12-8-17(3)13-6-10(15)4-5-11(12)13/h4-6,8-9,16H,7H2,1-3H3. The lowest BCUT2D eigenvalue weighted by atomic mass is 10.1. The van der Waals surface area contributed by atoms with Crippen molar-refractivity contribution in [2.75, 3.05) is 6.54 Å². The van der Waals surface area contributed by atoms with Crippen LogP contribution in [0.4, 0.5) is 0 Å². The van der Waals surface area contributed by atoms with Crippen LogP contribution in [0.25, 0.3) is 10.9 Å². The topological polar surface area (TPSA) is 34.0 Å². The first-order valence-corrected chi connectivity index (χ1v) is 6.38. The lowest BCUT2D eigenvalue weighted by Crippen LogP contribution is -2.29. The maximum absolute atomic E-state index is 12.2. The van der Waals surface area contributed by atoms with E-state index in [1.54, 1.807) is 0 Å². The van der Waals surface area contributed by atoms with E-state index >= 15 is 0 Å². The molecule has 1 aromatic carbocycles. The zero-order valence-corrected chi connectivity index (χ0v) is 11.6. The Bertz CT molecular complexity index is 587. The Morgan fingerprint density at radius 3 is 2.83 bits per heavy atom. The Balaban J connectivity index is 2.37. The van der Waals surface area contributed by atoms with Gasteiger partial charge in [0.1, 0.15) is 0 Å². The number of nitrogens with zero attached hydrogens (tertiary/aromatic N) is 1. The zero-order valence-electron chi connectivity index (χ0n) is 10.8. The average molecular weight is 265 g/mol. The lowest BCUT2D eigenvalue weighted by Gasteiger charge is -2.06. The van der Waals surface area contributed by atoms with Gasteiger partial charge in [0, 0.05) is 40.8 Å². The van der Waals surface area contributed by atoms with Gasteiger partial charge >= 0.3 is 0 Å². The smallest absolute Gasteiger partial charge is 0.178 e. The second-order valence-corrected chi connectivity index (χ2v) is 5.21. The molecular weight excluding hydrogens is 248 g/mol. The highest BCUT2D eigenvalue weighted by molar-refractivity contribution is 6.31. The second-order valence-electron chi connectivity index (χ2n) is 4.77. The van der Waals surface area contributed by atoms with Gasteiger partial charge in [0.25, 0.3) is 0 Å². The van der Waals surface area contributed by atoms with Crippen LogP contribution >= 0.6 is 11.6 Å². The van der Waals surface area contributed by atoms with Gasteiger partial charge in [-0.25, -0.2) is 0 Å². The minimum Gasteiger partial charge on any atom is -0.350 e. The highest BCUT2D eigenvalue weighted by Gasteiger charge is 2.14. The first-order chi connectivity index (χ1) is 8.49. The number of nitrogens with one attached hydrogen (secondary N) is 1. The number of benzene rings is 1. The summed E-state index contributed by atoms with van der Waals surface area (Å²) in [5.74, 6) is 0.108. The molecule has 4 heteroatoms. The molecule has 0 amide bonds. The summed E-state index contributed by atoms with van der Waals surface area (Å²) in [4.78, 5) is 12.2. The van der Waals surface area contributed by atoms with Crippen LogP contribution in [0.3, 0.4) is 0 Å². The normalized spacial score (nSPS) is 11.4. The van der Waals surface area contributed by atoms with E-state index in [-0.39, 0.29) is 5.78 Å². The molecule has 0 aliphatic rings. The molecule has 18 heavy (non-hydrogen) atoms. The van der Waals surface area contributed by atoms with Crippen LogP contribution in [-0.4, -0.2) is 22.9 Å². The first kappa shape index (κ1) is 13.1. The van der Waals surface area contributed by atoms with Crippen molar-refractivity contribution in [1.29, 1.82) is 0 Å². The fourth-order valence-corrected chi connectivity index (χ4v) is 2.14. The molecule has 0 aliphatic heterocycles. The van der Waals surface area contributed by atoms with Gasteiger partial charge in [0.2, 0.25) is 0 Å². The van der Waals surface area contributed by atoms with Crippen molar-refractivity contribution in [3.05, 3.63) is 35.0 Å². The highest BCUT2D eigenvalue weighted by Crippen LogP contribution is 2.24. The molecule has 1 aromatic heterocycles. The van der Waals surface area contributed by atoms with Crippen LogP contribution in [0, 0.1) is 0 Å². The summed E-state index contributed by atoms with van der Waals surface area (Å²) in [7, 11) is 1.92. The monoisotopic (exact) mass is 264 g/mol. The van der Waals surface area contributed by atoms with Crippen molar-refractivity contribution >= 4 is 28.3 Å². The molecule has 2 aromatic rings. The third-order valence-electron chi connectivity index (χ3n) is 2.92. The number of halogens is 1. The van der Waals surface area contributed by atoms with Gasteiger partial charge < -0.3 is 9.88 Å². The van der Waals surface area contributed by atoms with E-state index in [4.69, 9.17) is 11.6 Å². The van der Waals surface area contributed by atoms with Gasteiger partial charge in [-0.05, 0) is 12.1 Å². The van der Waals surface area contributed by atoms with Crippen LogP contribution in [0.1, 0.15) is 24.2 Å². The molecular formula is C14H17ClN2O. The maximum Gasteiger partial charge on any atom is 0.178 e. The van der Waals surface area contributed by atoms with Crippen molar-refractivity contribution in [2.45, 2.75) is 19.9 Å². The number of ketones is 1. The minimum absolute atomic E-state index is 0.108. The Hall–Kier alpha value is -1.32. The molecule has 96 valence electrons. The first-order valence-electron chi connectivity index (χ1n) is 6.00. The summed E-state index contributed by atoms with van der Waals surface area (Å²) < 4.78 is 1.93. The lowest BCUT2D eigenvalue weighted by molar-refractivity contribution is 0.0990. The number of fused-ring (bicyclic) bond motifs is 1. The van der Waals surface area contributed by atoms with Crippen LogP contribution < -0.4 is 5.32 Å². The van der Waals surface area contributed by atoms with Crippen LogP contribution in [0.2, 0.25) is 5.02 Å². The van der Waals surface area contributed by atoms with Gasteiger partial charge in [-0.2, -0.15) is 0 Å². The fourth-order valence-electron chi connectivity index (χ4n) is 1.97. The molecule has 2 rings (SSSR count). The van der Waals surface area contributed by atoms with Crippen molar-refractivity contribution < 1.29 is 4.79 Å². The number of carbonyl (C=O) groups excluding carboxylic acids is 1. The van der Waals surface area contributed by atoms with Crippen LogP contribution in [0.5, 0.6) is 0 Å². The summed E-state index contributed by atoms with van der Waals surface area (Å²) in [6.07, 6.45) is 1.87. The molecule has 0 fully saturated rings. The second kappa shape index (κ2) is 5.12. The minimum atomic E-state index is 0.108. The Morgan fingerprint density at radius 2 is 2.17 bits per heavy atom. The number of carbonyl (C=O) groups is 1. The molecule has 0 saturated heterocycles. The summed E-state index contributed by atoms with van der Waals surface area (Å²) >= 11 is 5.97. The largest absolute Gasteiger partial charge is 0.350 e. The molecule has 0 saturated carbocycles. The molecule has 1 heterocycles. The molecule has 1 N–H and O–H groups in total. The van der Waals surface area contributed by atoms with Crippen molar-refractivity contribution in [1.82, 2.24) is 9.88 Å². The molecule has 0 spiro atoms. The van der Waals surface area contributed by atoms with Crippen molar-refractivity contribution in [2.24, 2.45) is 7.05 Å². The SMILES string of the molecule is CC(C)NCC(=O)c1cn(C)c2cc(Cl)ccc12. The van der Waals surface area contributed by atoms with E-state index < -0.39 is 0 Å². The van der Waals surface area contributed by atoms with Crippen LogP contribution in [-0.2, 0) is 7.05 Å². The quantitative estimate of drug-likeness (QED) is 0.862. The predicted molar refractivity (Wildman–Crippen MR) is 75.4 cm³/mol. The van der Waals surface area contributed by atoms with E-state index in [0.29, 0.717) is 17.6 Å². The van der Waals surface area contributed by atoms with Crippen LogP contribution in [0.15, 0.2) is 24.4 Å². The highest BCUT2D eigenvalue weighted by atomic mass is 35.5. The number of aromatic nitrogens is 1. The number of aryl methyl sites for hydroxylation is 1. The summed E-state index contributed by atoms with van der Waals surface area (Å²) in [6.45, 7) is 4.41. The zero-order chi connectivity index (χ0) is 13.3. The fraction of sp³-hybridized carbons (Fsp3) is 0.357. The molecule has 0 aliphatic carbocycles. The van der Waals surface area contributed by atoms with Crippen molar-refractivity contribution in [3.8, 4) is 0 Å². The summed E-state index contributed by atoms with van der Waals surface area (Å²) in [5, 5.41) is 4.78. The average Bonchev–Trinajstić information content (AvgIpc) is 2.63. The van der Waals surface area contributed by atoms with Gasteiger partial charge in [-0.1, -0.05) is 31.5 Å². The van der Waals surface area contributed by atoms with E-state index in [0.717, 1.165) is 16.5 Å². The van der Waals surface area contributed by atoms with Crippen molar-refractivity contribution in [3.63, 3.8) is 0 Å². The Morgan fingerprint density at radius 1 is 1.44 bits per heavy atom. The molecule has 3 nitrogen and oxygen atoms in total. The summed E-state index contributed by atoms with van der Waals surface area (Å²) in [5.41, 5.74) is 1.73. The number of hydrogen-bond acceptors (Lipinski definition) is 2. The predicted octanol–water partition coefficient (Wildman–Crippen LogP) is 3.01. The van der Waals surface area contributed by atoms with Gasteiger partial charge in [-0.3, -0.25) is 4.79 Å². The third-order valence-corrected chi connectivity index (χ3v) is 3.16. The van der Waals surface area contributed by atoms with E-state index in [2.05, 4.69) is 5.32 Å². The van der Waals surface area contributed by atoms with Gasteiger partial charge in [-0.15, -0.1) is 0 Å². The van der Waals surface area contributed by atoms with Gasteiger partial charge in [0.05, 0.1) is 6.54 Å². The van der Waals surface area contributed by atoms with E-state index in [1.165, 1.54) is 0 Å². The third kappa shape index (κ3) is 2.57. The number of rotatable bonds is 4. The molecule has 0 radical (unpaired) electrons. The molecule has 0 atom stereocenters. The Kier molecular flexibility index (Phi) is 3.73. The molecule has 0 unspecified atom stereocenters. The van der Waals surface area contributed by atoms with E-state index in [1.807, 2.05) is 49.9 Å². The number of Topliss-reactive ketones (excluding diaryl/α,β-unsaturated/α-hetero) is 1. The summed E-state index contributed by atoms with van der Waals surface area (Å²) in [6, 6.07) is 5.90. The molecule has 0 bridgehead atoms. The van der Waals surface area contributed by atoms with E-state index in [9.17, 15) is 4.79 Å². The number of hydrogen-bond donors (Lipinski definition) is 1. The Labute approximate surface area is 112 Å². The maximum atomic E-state index is 12.2. The van der Waals surface area contributed by atoms with Gasteiger partial charge in [0.15, 0.2) is 5.78 Å².